The molecule has 0 unspecified atom stereocenters. The van der Waals surface area contributed by atoms with Gasteiger partial charge in [-0.1, -0.05) is 43.2 Å². The van der Waals surface area contributed by atoms with Crippen LogP contribution in [-0.2, 0) is 11.2 Å². The summed E-state index contributed by atoms with van der Waals surface area (Å²) in [5, 5.41) is 4.23. The Bertz CT molecular complexity index is 315. The van der Waals surface area contributed by atoms with Crippen LogP contribution in [0, 0.1) is 0 Å². The van der Waals surface area contributed by atoms with Crippen molar-refractivity contribution < 1.29 is 4.79 Å². The molecule has 2 rings (SSSR count). The van der Waals surface area contributed by atoms with Crippen LogP contribution in [0.5, 0.6) is 0 Å². The number of carbonyl (C=O) groups excluding carboxylic acids is 1. The maximum atomic E-state index is 11.6. The Morgan fingerprint density at radius 1 is 1.20 bits per heavy atom. The average molecular weight is 202 g/mol. The zero-order valence-corrected chi connectivity index (χ0v) is 8.86. The molecule has 0 aliphatic heterocycles. The number of benzene rings is 1. The molecule has 1 aromatic rings. The monoisotopic (exact) mass is 202 g/mol. The zero-order chi connectivity index (χ0) is 10.5. The highest BCUT2D eigenvalue weighted by atomic mass is 16.1. The molecular weight excluding hydrogens is 186 g/mol. The Hall–Kier alpha value is -1.31. The van der Waals surface area contributed by atoms with Gasteiger partial charge in [0, 0.05) is 0 Å². The van der Waals surface area contributed by atoms with Crippen molar-refractivity contribution in [1.29, 1.82) is 0 Å². The standard InChI is InChI=1S/C13H16NO/c15-13(14-12-8-4-5-9-12)10-11-6-2-1-3-7-11/h1-3,6-7,12H,4-5,8-10H2. The van der Waals surface area contributed by atoms with Gasteiger partial charge in [-0.05, 0) is 18.4 Å². The number of nitrogens with zero attached hydrogens (tertiary/aromatic N) is 1. The predicted octanol–water partition coefficient (Wildman–Crippen LogP) is 2.30. The predicted molar refractivity (Wildman–Crippen MR) is 59.5 cm³/mol. The second-order valence-corrected chi connectivity index (χ2v) is 4.12. The number of amides is 1. The lowest BCUT2D eigenvalue weighted by Crippen LogP contribution is -2.26. The van der Waals surface area contributed by atoms with E-state index in [1.54, 1.807) is 0 Å². The average Bonchev–Trinajstić information content (AvgIpc) is 2.71. The van der Waals surface area contributed by atoms with Gasteiger partial charge in [0.2, 0.25) is 5.91 Å². The molecule has 15 heavy (non-hydrogen) atoms. The third-order valence-corrected chi connectivity index (χ3v) is 2.85. The van der Waals surface area contributed by atoms with Gasteiger partial charge in [0.1, 0.15) is 0 Å². The molecule has 1 fully saturated rings. The fourth-order valence-electron chi connectivity index (χ4n) is 2.05. The molecule has 2 nitrogen and oxygen atoms in total. The van der Waals surface area contributed by atoms with Gasteiger partial charge in [-0.2, -0.15) is 0 Å². The van der Waals surface area contributed by atoms with Gasteiger partial charge in [-0.15, -0.1) is 0 Å². The molecule has 1 aliphatic rings. The first-order valence-electron chi connectivity index (χ1n) is 5.62. The van der Waals surface area contributed by atoms with Crippen molar-refractivity contribution in [1.82, 2.24) is 5.32 Å². The SMILES string of the molecule is O=C(Cc1ccccc1)[N]C1CCCC1. The molecule has 79 valence electrons. The van der Waals surface area contributed by atoms with Crippen LogP contribution in [0.15, 0.2) is 30.3 Å². The molecule has 0 spiro atoms. The van der Waals surface area contributed by atoms with Crippen molar-refractivity contribution in [3.8, 4) is 0 Å². The van der Waals surface area contributed by atoms with Gasteiger partial charge >= 0.3 is 0 Å². The van der Waals surface area contributed by atoms with Gasteiger partial charge < -0.3 is 0 Å². The summed E-state index contributed by atoms with van der Waals surface area (Å²) in [4.78, 5) is 11.6. The lowest BCUT2D eigenvalue weighted by atomic mass is 10.1. The van der Waals surface area contributed by atoms with Crippen molar-refractivity contribution in [2.45, 2.75) is 38.1 Å². The number of hydrogen-bond donors (Lipinski definition) is 0. The highest BCUT2D eigenvalue weighted by molar-refractivity contribution is 5.78. The van der Waals surface area contributed by atoms with Crippen LogP contribution in [-0.4, -0.2) is 11.9 Å². The van der Waals surface area contributed by atoms with E-state index in [4.69, 9.17) is 0 Å². The van der Waals surface area contributed by atoms with Crippen LogP contribution in [0.2, 0.25) is 0 Å². The maximum Gasteiger partial charge on any atom is 0.245 e. The van der Waals surface area contributed by atoms with E-state index in [9.17, 15) is 4.79 Å². The first-order chi connectivity index (χ1) is 7.34. The number of carbonyl (C=O) groups is 1. The van der Waals surface area contributed by atoms with Crippen molar-refractivity contribution in [2.24, 2.45) is 0 Å². The van der Waals surface area contributed by atoms with E-state index in [0.717, 1.165) is 18.4 Å². The highest BCUT2D eigenvalue weighted by Crippen LogP contribution is 2.18. The van der Waals surface area contributed by atoms with Crippen molar-refractivity contribution in [3.05, 3.63) is 35.9 Å². The van der Waals surface area contributed by atoms with Crippen LogP contribution in [0.1, 0.15) is 31.2 Å². The molecule has 1 radical (unpaired) electrons. The number of hydrogen-bond acceptors (Lipinski definition) is 1. The third-order valence-electron chi connectivity index (χ3n) is 2.85. The summed E-state index contributed by atoms with van der Waals surface area (Å²) in [7, 11) is 0. The molecule has 0 aromatic heterocycles. The first kappa shape index (κ1) is 10.2. The Morgan fingerprint density at radius 3 is 2.53 bits per heavy atom. The normalized spacial score (nSPS) is 16.5. The minimum absolute atomic E-state index is 0.0353. The Labute approximate surface area is 90.7 Å². The van der Waals surface area contributed by atoms with Crippen LogP contribution < -0.4 is 5.32 Å². The smallest absolute Gasteiger partial charge is 0.245 e. The van der Waals surface area contributed by atoms with Crippen LogP contribution >= 0.6 is 0 Å². The molecule has 1 aliphatic carbocycles. The lowest BCUT2D eigenvalue weighted by molar-refractivity contribution is -0.121. The summed E-state index contributed by atoms with van der Waals surface area (Å²) in [5.41, 5.74) is 1.06. The Balaban J connectivity index is 1.82. The van der Waals surface area contributed by atoms with Crippen LogP contribution in [0.3, 0.4) is 0 Å². The largest absolute Gasteiger partial charge is 0.273 e. The summed E-state index contributed by atoms with van der Waals surface area (Å²) < 4.78 is 0. The minimum Gasteiger partial charge on any atom is -0.273 e. The summed E-state index contributed by atoms with van der Waals surface area (Å²) in [6.45, 7) is 0. The van der Waals surface area contributed by atoms with E-state index in [-0.39, 0.29) is 5.91 Å². The zero-order valence-electron chi connectivity index (χ0n) is 8.86. The van der Waals surface area contributed by atoms with E-state index in [0.29, 0.717) is 12.5 Å². The quantitative estimate of drug-likeness (QED) is 0.740. The highest BCUT2D eigenvalue weighted by Gasteiger charge is 2.18. The van der Waals surface area contributed by atoms with E-state index < -0.39 is 0 Å². The van der Waals surface area contributed by atoms with Gasteiger partial charge in [-0.25, -0.2) is 5.32 Å². The summed E-state index contributed by atoms with van der Waals surface area (Å²) in [6.07, 6.45) is 5.11. The molecule has 0 bridgehead atoms. The molecule has 1 aromatic carbocycles. The van der Waals surface area contributed by atoms with Gasteiger partial charge in [-0.3, -0.25) is 4.79 Å². The Morgan fingerprint density at radius 2 is 1.87 bits per heavy atom. The van der Waals surface area contributed by atoms with Crippen molar-refractivity contribution in [3.63, 3.8) is 0 Å². The van der Waals surface area contributed by atoms with Gasteiger partial charge in [0.25, 0.3) is 0 Å². The van der Waals surface area contributed by atoms with E-state index in [2.05, 4.69) is 5.32 Å². The second kappa shape index (κ2) is 4.96. The molecule has 0 saturated heterocycles. The van der Waals surface area contributed by atoms with Crippen molar-refractivity contribution >= 4 is 5.91 Å². The molecule has 0 heterocycles. The molecular formula is C13H16NO. The molecule has 0 N–H and O–H groups in total. The van der Waals surface area contributed by atoms with E-state index in [1.165, 1.54) is 12.8 Å². The summed E-state index contributed by atoms with van der Waals surface area (Å²) in [5.74, 6) is 0.0353. The van der Waals surface area contributed by atoms with Crippen LogP contribution in [0.25, 0.3) is 0 Å². The molecule has 0 atom stereocenters. The maximum absolute atomic E-state index is 11.6. The van der Waals surface area contributed by atoms with Crippen molar-refractivity contribution in [2.75, 3.05) is 0 Å². The van der Waals surface area contributed by atoms with Gasteiger partial charge in [0.05, 0.1) is 12.5 Å². The van der Waals surface area contributed by atoms with E-state index >= 15 is 0 Å². The topological polar surface area (TPSA) is 31.2 Å². The third kappa shape index (κ3) is 3.08. The Kier molecular flexibility index (Phi) is 3.38. The fourth-order valence-corrected chi connectivity index (χ4v) is 2.05. The molecule has 2 heteroatoms. The first-order valence-corrected chi connectivity index (χ1v) is 5.62. The minimum atomic E-state index is 0.0353. The number of rotatable bonds is 3. The van der Waals surface area contributed by atoms with Crippen LogP contribution in [0.4, 0.5) is 0 Å². The summed E-state index contributed by atoms with van der Waals surface area (Å²) in [6, 6.07) is 10.1. The van der Waals surface area contributed by atoms with E-state index in [1.807, 2.05) is 30.3 Å². The summed E-state index contributed by atoms with van der Waals surface area (Å²) >= 11 is 0. The lowest BCUT2D eigenvalue weighted by Gasteiger charge is -2.08. The fraction of sp³-hybridized carbons (Fsp3) is 0.462. The molecule has 1 saturated carbocycles. The second-order valence-electron chi connectivity index (χ2n) is 4.12. The molecule has 1 amide bonds. The van der Waals surface area contributed by atoms with Gasteiger partial charge in [0.15, 0.2) is 0 Å².